The van der Waals surface area contributed by atoms with E-state index in [4.69, 9.17) is 4.98 Å². The van der Waals surface area contributed by atoms with Crippen LogP contribution in [0, 0.1) is 0 Å². The third-order valence-corrected chi connectivity index (χ3v) is 5.62. The lowest BCUT2D eigenvalue weighted by Gasteiger charge is -2.33. The van der Waals surface area contributed by atoms with Crippen molar-refractivity contribution in [1.29, 1.82) is 0 Å². The van der Waals surface area contributed by atoms with E-state index in [2.05, 4.69) is 56.2 Å². The Morgan fingerprint density at radius 2 is 1.58 bits per heavy atom. The summed E-state index contributed by atoms with van der Waals surface area (Å²) in [5.74, 6) is 1.02. The molecule has 1 saturated heterocycles. The van der Waals surface area contributed by atoms with Crippen molar-refractivity contribution in [2.24, 2.45) is 0 Å². The first kappa shape index (κ1) is 19.4. The van der Waals surface area contributed by atoms with Gasteiger partial charge >= 0.3 is 0 Å². The van der Waals surface area contributed by atoms with Gasteiger partial charge in [-0.3, -0.25) is 9.67 Å². The van der Waals surface area contributed by atoms with Crippen molar-refractivity contribution in [3.8, 4) is 22.5 Å². The van der Waals surface area contributed by atoms with Crippen LogP contribution in [-0.2, 0) is 6.54 Å². The van der Waals surface area contributed by atoms with Crippen LogP contribution < -0.4 is 4.90 Å². The van der Waals surface area contributed by atoms with E-state index in [1.165, 1.54) is 5.56 Å². The fourth-order valence-corrected chi connectivity index (χ4v) is 3.76. The molecule has 1 aromatic carbocycles. The van der Waals surface area contributed by atoms with Gasteiger partial charge in [-0.15, -0.1) is 0 Å². The minimum Gasteiger partial charge on any atom is -0.354 e. The van der Waals surface area contributed by atoms with Crippen molar-refractivity contribution in [3.05, 3.63) is 79.0 Å². The number of nitrogens with zero attached hydrogens (tertiary/aromatic N) is 7. The molecule has 4 aromatic rings. The normalized spacial score (nSPS) is 14.7. The number of likely N-dealkylation sites (N-methyl/N-ethyl adjacent to an activating group) is 1. The summed E-state index contributed by atoms with van der Waals surface area (Å²) in [5, 5.41) is 4.49. The van der Waals surface area contributed by atoms with Gasteiger partial charge < -0.3 is 9.80 Å². The highest BCUT2D eigenvalue weighted by atomic mass is 15.3. The molecule has 1 aliphatic heterocycles. The zero-order valence-electron chi connectivity index (χ0n) is 17.6. The number of piperazine rings is 1. The quantitative estimate of drug-likeness (QED) is 0.503. The summed E-state index contributed by atoms with van der Waals surface area (Å²) in [5.41, 5.74) is 4.74. The van der Waals surface area contributed by atoms with Gasteiger partial charge in [-0.25, -0.2) is 9.97 Å². The van der Waals surface area contributed by atoms with Crippen LogP contribution in [0.4, 0.5) is 5.82 Å². The van der Waals surface area contributed by atoms with Crippen LogP contribution >= 0.6 is 0 Å². The standard InChI is InChI=1S/C24H25N7/c1-29-9-11-30(12-10-29)24-8-7-20(13-26-24)22-15-25-16-23(28-22)21-14-27-31(18-21)17-19-5-3-2-4-6-19/h2-8,13-16,18H,9-12,17H2,1H3. The SMILES string of the molecule is CN1CCN(c2ccc(-c3cncc(-c4cnn(Cc5ccccc5)c4)n3)cn2)CC1. The molecule has 31 heavy (non-hydrogen) atoms. The third kappa shape index (κ3) is 4.46. The Morgan fingerprint density at radius 3 is 2.32 bits per heavy atom. The molecule has 5 rings (SSSR count). The molecule has 156 valence electrons. The summed E-state index contributed by atoms with van der Waals surface area (Å²) in [6, 6.07) is 14.4. The molecular formula is C24H25N7. The molecule has 1 fully saturated rings. The monoisotopic (exact) mass is 411 g/mol. The lowest BCUT2D eigenvalue weighted by Crippen LogP contribution is -2.44. The molecule has 1 aliphatic rings. The van der Waals surface area contributed by atoms with Gasteiger partial charge in [0, 0.05) is 49.7 Å². The number of anilines is 1. The third-order valence-electron chi connectivity index (χ3n) is 5.62. The van der Waals surface area contributed by atoms with Crippen LogP contribution in [0.1, 0.15) is 5.56 Å². The average Bonchev–Trinajstić information content (AvgIpc) is 3.29. The summed E-state index contributed by atoms with van der Waals surface area (Å²) in [7, 11) is 2.16. The zero-order valence-corrected chi connectivity index (χ0v) is 17.6. The second-order valence-corrected chi connectivity index (χ2v) is 7.90. The molecule has 0 amide bonds. The van der Waals surface area contributed by atoms with E-state index in [9.17, 15) is 0 Å². The van der Waals surface area contributed by atoms with Gasteiger partial charge in [0.15, 0.2) is 0 Å². The molecule has 4 heterocycles. The Kier molecular flexibility index (Phi) is 5.41. The molecular weight excluding hydrogens is 386 g/mol. The van der Waals surface area contributed by atoms with Crippen molar-refractivity contribution >= 4 is 5.82 Å². The molecule has 0 spiro atoms. The number of hydrogen-bond donors (Lipinski definition) is 0. The molecule has 3 aromatic heterocycles. The van der Waals surface area contributed by atoms with E-state index < -0.39 is 0 Å². The van der Waals surface area contributed by atoms with E-state index in [0.717, 1.165) is 61.1 Å². The predicted molar refractivity (Wildman–Crippen MR) is 122 cm³/mol. The van der Waals surface area contributed by atoms with E-state index in [-0.39, 0.29) is 0 Å². The molecule has 0 atom stereocenters. The van der Waals surface area contributed by atoms with Crippen molar-refractivity contribution < 1.29 is 0 Å². The Hall–Kier alpha value is -3.58. The molecule has 7 nitrogen and oxygen atoms in total. The van der Waals surface area contributed by atoms with Crippen LogP contribution in [0.3, 0.4) is 0 Å². The van der Waals surface area contributed by atoms with Gasteiger partial charge in [0.05, 0.1) is 36.5 Å². The minimum absolute atomic E-state index is 0.728. The Labute approximate surface area is 182 Å². The lowest BCUT2D eigenvalue weighted by molar-refractivity contribution is 0.312. The summed E-state index contributed by atoms with van der Waals surface area (Å²) >= 11 is 0. The topological polar surface area (TPSA) is 63.0 Å². The van der Waals surface area contributed by atoms with E-state index in [1.54, 1.807) is 12.4 Å². The summed E-state index contributed by atoms with van der Waals surface area (Å²) in [6.07, 6.45) is 9.30. The van der Waals surface area contributed by atoms with Gasteiger partial charge in [-0.05, 0) is 24.7 Å². The van der Waals surface area contributed by atoms with Gasteiger partial charge in [0.25, 0.3) is 0 Å². The number of aromatic nitrogens is 5. The molecule has 7 heteroatoms. The Balaban J connectivity index is 1.32. The summed E-state index contributed by atoms with van der Waals surface area (Å²) in [4.78, 5) is 18.6. The van der Waals surface area contributed by atoms with Crippen molar-refractivity contribution in [1.82, 2.24) is 29.6 Å². The molecule has 0 radical (unpaired) electrons. The minimum atomic E-state index is 0.728. The summed E-state index contributed by atoms with van der Waals surface area (Å²) in [6.45, 7) is 4.87. The highest BCUT2D eigenvalue weighted by molar-refractivity contribution is 5.64. The van der Waals surface area contributed by atoms with Gasteiger partial charge in [-0.2, -0.15) is 5.10 Å². The van der Waals surface area contributed by atoms with Crippen LogP contribution in [0.5, 0.6) is 0 Å². The number of benzene rings is 1. The Bertz CT molecular complexity index is 1130. The van der Waals surface area contributed by atoms with E-state index >= 15 is 0 Å². The molecule has 0 saturated carbocycles. The second kappa shape index (κ2) is 8.65. The van der Waals surface area contributed by atoms with Crippen molar-refractivity contribution in [2.75, 3.05) is 38.1 Å². The van der Waals surface area contributed by atoms with Crippen molar-refractivity contribution in [2.45, 2.75) is 6.54 Å². The largest absolute Gasteiger partial charge is 0.354 e. The second-order valence-electron chi connectivity index (χ2n) is 7.90. The maximum absolute atomic E-state index is 4.81. The van der Waals surface area contributed by atoms with Gasteiger partial charge in [0.1, 0.15) is 5.82 Å². The Morgan fingerprint density at radius 1 is 0.806 bits per heavy atom. The predicted octanol–water partition coefficient (Wildman–Crippen LogP) is 3.20. The fraction of sp³-hybridized carbons (Fsp3) is 0.250. The maximum atomic E-state index is 4.81. The molecule has 0 unspecified atom stereocenters. The first-order valence-corrected chi connectivity index (χ1v) is 10.5. The average molecular weight is 412 g/mol. The summed E-state index contributed by atoms with van der Waals surface area (Å²) < 4.78 is 1.92. The zero-order chi connectivity index (χ0) is 21.0. The van der Waals surface area contributed by atoms with Gasteiger partial charge in [-0.1, -0.05) is 30.3 Å². The smallest absolute Gasteiger partial charge is 0.128 e. The first-order chi connectivity index (χ1) is 15.2. The van der Waals surface area contributed by atoms with Crippen molar-refractivity contribution in [3.63, 3.8) is 0 Å². The molecule has 0 N–H and O–H groups in total. The van der Waals surface area contributed by atoms with Gasteiger partial charge in [0.2, 0.25) is 0 Å². The van der Waals surface area contributed by atoms with Crippen LogP contribution in [0.25, 0.3) is 22.5 Å². The number of rotatable bonds is 5. The van der Waals surface area contributed by atoms with Crippen LogP contribution in [0.2, 0.25) is 0 Å². The number of hydrogen-bond acceptors (Lipinski definition) is 6. The van der Waals surface area contributed by atoms with Crippen LogP contribution in [0.15, 0.2) is 73.4 Å². The fourth-order valence-electron chi connectivity index (χ4n) is 3.76. The van der Waals surface area contributed by atoms with Crippen LogP contribution in [-0.4, -0.2) is 62.9 Å². The number of pyridine rings is 1. The lowest BCUT2D eigenvalue weighted by atomic mass is 10.2. The van der Waals surface area contributed by atoms with E-state index in [0.29, 0.717) is 0 Å². The highest BCUT2D eigenvalue weighted by Gasteiger charge is 2.15. The molecule has 0 bridgehead atoms. The first-order valence-electron chi connectivity index (χ1n) is 10.5. The highest BCUT2D eigenvalue weighted by Crippen LogP contribution is 2.23. The maximum Gasteiger partial charge on any atom is 0.128 e. The van der Waals surface area contributed by atoms with E-state index in [1.807, 2.05) is 41.5 Å². The molecule has 0 aliphatic carbocycles.